The SMILES string of the molecule is c1ccc(C2CCc3nnc(Cc4cccnc4)n3CC2)cc1. The summed E-state index contributed by atoms with van der Waals surface area (Å²) in [6.07, 6.45) is 7.81. The van der Waals surface area contributed by atoms with Crippen molar-refractivity contribution < 1.29 is 0 Å². The van der Waals surface area contributed by atoms with Crippen molar-refractivity contribution in [3.63, 3.8) is 0 Å². The molecule has 116 valence electrons. The lowest BCUT2D eigenvalue weighted by Gasteiger charge is -2.14. The standard InChI is InChI=1S/C19H20N4/c1-2-6-16(7-3-1)17-8-9-18-21-22-19(23(18)12-10-17)13-15-5-4-11-20-14-15/h1-7,11,14,17H,8-10,12-13H2. The molecule has 0 radical (unpaired) electrons. The minimum atomic E-state index is 0.615. The maximum atomic E-state index is 4.43. The molecule has 4 nitrogen and oxygen atoms in total. The fourth-order valence-electron chi connectivity index (χ4n) is 3.42. The Morgan fingerprint density at radius 1 is 1.00 bits per heavy atom. The summed E-state index contributed by atoms with van der Waals surface area (Å²) in [6.45, 7) is 0.998. The average molecular weight is 304 g/mol. The number of hydrogen-bond donors (Lipinski definition) is 0. The van der Waals surface area contributed by atoms with Gasteiger partial charge in [-0.2, -0.15) is 0 Å². The normalized spacial score (nSPS) is 17.5. The summed E-state index contributed by atoms with van der Waals surface area (Å²) in [6, 6.07) is 14.9. The topological polar surface area (TPSA) is 43.6 Å². The lowest BCUT2D eigenvalue weighted by atomic mass is 9.92. The van der Waals surface area contributed by atoms with Crippen molar-refractivity contribution in [1.82, 2.24) is 19.7 Å². The zero-order valence-corrected chi connectivity index (χ0v) is 13.1. The Kier molecular flexibility index (Phi) is 3.88. The number of pyridine rings is 1. The van der Waals surface area contributed by atoms with Crippen LogP contribution >= 0.6 is 0 Å². The van der Waals surface area contributed by atoms with Crippen molar-refractivity contribution >= 4 is 0 Å². The van der Waals surface area contributed by atoms with E-state index < -0.39 is 0 Å². The molecular formula is C19H20N4. The highest BCUT2D eigenvalue weighted by Gasteiger charge is 2.21. The van der Waals surface area contributed by atoms with E-state index in [2.05, 4.69) is 56.1 Å². The van der Waals surface area contributed by atoms with E-state index in [0.717, 1.165) is 43.9 Å². The molecule has 4 heteroatoms. The lowest BCUT2D eigenvalue weighted by molar-refractivity contribution is 0.550. The highest BCUT2D eigenvalue weighted by molar-refractivity contribution is 5.21. The van der Waals surface area contributed by atoms with Crippen LogP contribution in [0.3, 0.4) is 0 Å². The number of aryl methyl sites for hydroxylation is 1. The molecule has 23 heavy (non-hydrogen) atoms. The quantitative estimate of drug-likeness (QED) is 0.745. The van der Waals surface area contributed by atoms with E-state index in [1.807, 2.05) is 12.3 Å². The van der Waals surface area contributed by atoms with Crippen molar-refractivity contribution in [1.29, 1.82) is 0 Å². The van der Waals surface area contributed by atoms with E-state index in [9.17, 15) is 0 Å². The van der Waals surface area contributed by atoms with Crippen molar-refractivity contribution in [2.45, 2.75) is 38.1 Å². The van der Waals surface area contributed by atoms with Gasteiger partial charge in [0.1, 0.15) is 11.6 Å². The molecule has 0 saturated carbocycles. The maximum absolute atomic E-state index is 4.43. The number of benzene rings is 1. The Morgan fingerprint density at radius 3 is 2.74 bits per heavy atom. The van der Waals surface area contributed by atoms with E-state index in [-0.39, 0.29) is 0 Å². The number of aromatic nitrogens is 4. The summed E-state index contributed by atoms with van der Waals surface area (Å²) in [5, 5.41) is 8.85. The molecule has 4 rings (SSSR count). The second-order valence-electron chi connectivity index (χ2n) is 6.16. The molecule has 0 spiro atoms. The molecule has 1 atom stereocenters. The third-order valence-electron chi connectivity index (χ3n) is 4.68. The summed E-state index contributed by atoms with van der Waals surface area (Å²) in [4.78, 5) is 4.19. The van der Waals surface area contributed by atoms with Gasteiger partial charge in [-0.25, -0.2) is 0 Å². The van der Waals surface area contributed by atoms with Crippen LogP contribution in [-0.4, -0.2) is 19.7 Å². The number of nitrogens with zero attached hydrogens (tertiary/aromatic N) is 4. The second-order valence-corrected chi connectivity index (χ2v) is 6.16. The smallest absolute Gasteiger partial charge is 0.137 e. The molecule has 1 unspecified atom stereocenters. The van der Waals surface area contributed by atoms with E-state index in [4.69, 9.17) is 0 Å². The van der Waals surface area contributed by atoms with Crippen molar-refractivity contribution in [2.75, 3.05) is 0 Å². The number of rotatable bonds is 3. The third-order valence-corrected chi connectivity index (χ3v) is 4.68. The van der Waals surface area contributed by atoms with Gasteiger partial charge in [0.2, 0.25) is 0 Å². The number of fused-ring (bicyclic) bond motifs is 1. The molecule has 0 N–H and O–H groups in total. The summed E-state index contributed by atoms with van der Waals surface area (Å²) in [5.41, 5.74) is 2.63. The second kappa shape index (κ2) is 6.32. The first-order valence-corrected chi connectivity index (χ1v) is 8.25. The van der Waals surface area contributed by atoms with Gasteiger partial charge in [-0.3, -0.25) is 4.98 Å². The first kappa shape index (κ1) is 14.1. The molecule has 3 aromatic rings. The average Bonchev–Trinajstić information content (AvgIpc) is 2.86. The molecule has 0 bridgehead atoms. The fraction of sp³-hybridized carbons (Fsp3) is 0.316. The van der Waals surface area contributed by atoms with Gasteiger partial charge in [-0.1, -0.05) is 36.4 Å². The van der Waals surface area contributed by atoms with Crippen LogP contribution in [-0.2, 0) is 19.4 Å². The highest BCUT2D eigenvalue weighted by atomic mass is 15.3. The first-order chi connectivity index (χ1) is 11.4. The molecular weight excluding hydrogens is 284 g/mol. The maximum Gasteiger partial charge on any atom is 0.137 e. The van der Waals surface area contributed by atoms with Gasteiger partial charge in [0.05, 0.1) is 0 Å². The predicted octanol–water partition coefficient (Wildman–Crippen LogP) is 3.38. The molecule has 0 saturated heterocycles. The van der Waals surface area contributed by atoms with Crippen LogP contribution in [0.25, 0.3) is 0 Å². The van der Waals surface area contributed by atoms with Crippen molar-refractivity contribution in [3.05, 3.63) is 77.6 Å². The Morgan fingerprint density at radius 2 is 1.91 bits per heavy atom. The van der Waals surface area contributed by atoms with Gasteiger partial charge >= 0.3 is 0 Å². The van der Waals surface area contributed by atoms with Gasteiger partial charge in [0, 0.05) is 31.8 Å². The molecule has 1 aliphatic rings. The fourth-order valence-corrected chi connectivity index (χ4v) is 3.42. The Hall–Kier alpha value is -2.49. The van der Waals surface area contributed by atoms with E-state index in [1.54, 1.807) is 6.20 Å². The zero-order valence-electron chi connectivity index (χ0n) is 13.1. The molecule has 0 amide bonds. The van der Waals surface area contributed by atoms with Crippen LogP contribution in [0.1, 0.15) is 41.5 Å². The largest absolute Gasteiger partial charge is 0.315 e. The molecule has 0 fully saturated rings. The lowest BCUT2D eigenvalue weighted by Crippen LogP contribution is -2.07. The number of hydrogen-bond acceptors (Lipinski definition) is 3. The molecule has 3 heterocycles. The monoisotopic (exact) mass is 304 g/mol. The van der Waals surface area contributed by atoms with E-state index in [1.165, 1.54) is 11.1 Å². The van der Waals surface area contributed by atoms with Crippen molar-refractivity contribution in [2.24, 2.45) is 0 Å². The van der Waals surface area contributed by atoms with Gasteiger partial charge in [0.15, 0.2) is 0 Å². The zero-order chi connectivity index (χ0) is 15.5. The van der Waals surface area contributed by atoms with E-state index in [0.29, 0.717) is 5.92 Å². The summed E-state index contributed by atoms with van der Waals surface area (Å²) in [5.74, 6) is 2.80. The highest BCUT2D eigenvalue weighted by Crippen LogP contribution is 2.29. The summed E-state index contributed by atoms with van der Waals surface area (Å²) in [7, 11) is 0. The molecule has 1 aliphatic heterocycles. The Balaban J connectivity index is 1.53. The molecule has 1 aromatic carbocycles. The first-order valence-electron chi connectivity index (χ1n) is 8.25. The minimum absolute atomic E-state index is 0.615. The summed E-state index contributed by atoms with van der Waals surface area (Å²) >= 11 is 0. The van der Waals surface area contributed by atoms with Crippen LogP contribution in [0.5, 0.6) is 0 Å². The minimum Gasteiger partial charge on any atom is -0.315 e. The van der Waals surface area contributed by atoms with E-state index >= 15 is 0 Å². The Bertz CT molecular complexity index is 765. The van der Waals surface area contributed by atoms with Crippen LogP contribution < -0.4 is 0 Å². The predicted molar refractivity (Wildman–Crippen MR) is 89.2 cm³/mol. The van der Waals surface area contributed by atoms with Crippen LogP contribution in [0.2, 0.25) is 0 Å². The third kappa shape index (κ3) is 3.02. The van der Waals surface area contributed by atoms with Gasteiger partial charge in [-0.05, 0) is 36.0 Å². The molecule has 0 aliphatic carbocycles. The summed E-state index contributed by atoms with van der Waals surface area (Å²) < 4.78 is 2.32. The van der Waals surface area contributed by atoms with Crippen molar-refractivity contribution in [3.8, 4) is 0 Å². The van der Waals surface area contributed by atoms with Gasteiger partial charge in [0.25, 0.3) is 0 Å². The van der Waals surface area contributed by atoms with Gasteiger partial charge < -0.3 is 4.57 Å². The van der Waals surface area contributed by atoms with Crippen LogP contribution in [0.4, 0.5) is 0 Å². The van der Waals surface area contributed by atoms with Gasteiger partial charge in [-0.15, -0.1) is 10.2 Å². The van der Waals surface area contributed by atoms with Crippen LogP contribution in [0, 0.1) is 0 Å². The molecule has 2 aromatic heterocycles. The Labute approximate surface area is 136 Å². The van der Waals surface area contributed by atoms with Crippen LogP contribution in [0.15, 0.2) is 54.9 Å².